The minimum atomic E-state index is -0.547. The molecular weight excluding hydrogens is 348 g/mol. The molecule has 0 bridgehead atoms. The van der Waals surface area contributed by atoms with E-state index < -0.39 is 4.92 Å². The van der Waals surface area contributed by atoms with E-state index in [2.05, 4.69) is 5.32 Å². The molecule has 8 heteroatoms. The molecule has 132 valence electrons. The quantitative estimate of drug-likeness (QED) is 0.433. The Labute approximate surface area is 149 Å². The molecular formula is C17H17ClN2O5. The molecule has 0 atom stereocenters. The number of nitro benzene ring substituents is 1. The standard InChI is InChI=1S/C17H17ClN2O5/c1-24-13-5-7-14(8-6-13)25-10-2-3-17(21)19-16-11-12(20(22)23)4-9-15(16)18/h4-9,11H,2-3,10H2,1H3,(H,19,21). The van der Waals surface area contributed by atoms with Gasteiger partial charge in [-0.25, -0.2) is 0 Å². The molecule has 0 aromatic heterocycles. The zero-order valence-corrected chi connectivity index (χ0v) is 14.3. The topological polar surface area (TPSA) is 90.7 Å². The first-order valence-electron chi connectivity index (χ1n) is 7.50. The van der Waals surface area contributed by atoms with Crippen LogP contribution in [0.15, 0.2) is 42.5 Å². The number of ether oxygens (including phenoxy) is 2. The second-order valence-corrected chi connectivity index (χ2v) is 5.50. The second-order valence-electron chi connectivity index (χ2n) is 5.10. The Balaban J connectivity index is 1.78. The number of carbonyl (C=O) groups excluding carboxylic acids is 1. The molecule has 1 amide bonds. The van der Waals surface area contributed by atoms with Crippen molar-refractivity contribution in [1.82, 2.24) is 0 Å². The highest BCUT2D eigenvalue weighted by molar-refractivity contribution is 6.33. The van der Waals surface area contributed by atoms with Crippen LogP contribution >= 0.6 is 11.6 Å². The molecule has 2 rings (SSSR count). The van der Waals surface area contributed by atoms with Gasteiger partial charge in [0, 0.05) is 18.6 Å². The average molecular weight is 365 g/mol. The fourth-order valence-electron chi connectivity index (χ4n) is 2.03. The van der Waals surface area contributed by atoms with Gasteiger partial charge < -0.3 is 14.8 Å². The van der Waals surface area contributed by atoms with Crippen molar-refractivity contribution >= 4 is 28.9 Å². The molecule has 0 fully saturated rings. The largest absolute Gasteiger partial charge is 0.497 e. The molecule has 25 heavy (non-hydrogen) atoms. The molecule has 0 saturated carbocycles. The van der Waals surface area contributed by atoms with Gasteiger partial charge in [0.1, 0.15) is 11.5 Å². The highest BCUT2D eigenvalue weighted by Crippen LogP contribution is 2.26. The number of nitro groups is 1. The minimum Gasteiger partial charge on any atom is -0.497 e. The lowest BCUT2D eigenvalue weighted by Gasteiger charge is -2.08. The van der Waals surface area contributed by atoms with Crippen LogP contribution in [0.25, 0.3) is 0 Å². The van der Waals surface area contributed by atoms with Crippen molar-refractivity contribution in [2.75, 3.05) is 19.0 Å². The van der Waals surface area contributed by atoms with E-state index >= 15 is 0 Å². The van der Waals surface area contributed by atoms with Crippen LogP contribution in [0.4, 0.5) is 11.4 Å². The number of nitrogens with one attached hydrogen (secondary N) is 1. The third-order valence-corrected chi connectivity index (χ3v) is 3.64. The Morgan fingerprint density at radius 1 is 1.20 bits per heavy atom. The predicted octanol–water partition coefficient (Wildman–Crippen LogP) is 4.05. The fraction of sp³-hybridized carbons (Fsp3) is 0.235. The van der Waals surface area contributed by atoms with Gasteiger partial charge >= 0.3 is 0 Å². The van der Waals surface area contributed by atoms with Gasteiger partial charge in [-0.05, 0) is 36.8 Å². The number of hydrogen-bond donors (Lipinski definition) is 1. The molecule has 0 aliphatic heterocycles. The van der Waals surface area contributed by atoms with Gasteiger partial charge in [-0.1, -0.05) is 11.6 Å². The Hall–Kier alpha value is -2.80. The average Bonchev–Trinajstić information content (AvgIpc) is 2.61. The van der Waals surface area contributed by atoms with E-state index in [0.29, 0.717) is 18.8 Å². The lowest BCUT2D eigenvalue weighted by Crippen LogP contribution is -2.13. The van der Waals surface area contributed by atoms with Crippen LogP contribution < -0.4 is 14.8 Å². The van der Waals surface area contributed by atoms with Gasteiger partial charge in [-0.2, -0.15) is 0 Å². The fourth-order valence-corrected chi connectivity index (χ4v) is 2.19. The number of amides is 1. The number of hydrogen-bond acceptors (Lipinski definition) is 5. The van der Waals surface area contributed by atoms with Gasteiger partial charge in [-0.3, -0.25) is 14.9 Å². The Morgan fingerprint density at radius 2 is 1.88 bits per heavy atom. The SMILES string of the molecule is COc1ccc(OCCCC(=O)Nc2cc([N+](=O)[O-])ccc2Cl)cc1. The van der Waals surface area contributed by atoms with Crippen molar-refractivity contribution < 1.29 is 19.2 Å². The zero-order chi connectivity index (χ0) is 18.2. The molecule has 0 aliphatic carbocycles. The van der Waals surface area contributed by atoms with E-state index in [4.69, 9.17) is 21.1 Å². The van der Waals surface area contributed by atoms with Crippen LogP contribution in [0, 0.1) is 10.1 Å². The Kier molecular flexibility index (Phi) is 6.59. The van der Waals surface area contributed by atoms with Crippen molar-refractivity contribution in [2.45, 2.75) is 12.8 Å². The van der Waals surface area contributed by atoms with Crippen LogP contribution in [-0.4, -0.2) is 24.5 Å². The van der Waals surface area contributed by atoms with E-state index in [-0.39, 0.29) is 28.7 Å². The third kappa shape index (κ3) is 5.65. The summed E-state index contributed by atoms with van der Waals surface area (Å²) in [5, 5.41) is 13.6. The summed E-state index contributed by atoms with van der Waals surface area (Å²) < 4.78 is 10.6. The van der Waals surface area contributed by atoms with E-state index in [1.165, 1.54) is 18.2 Å². The van der Waals surface area contributed by atoms with Crippen molar-refractivity contribution in [1.29, 1.82) is 0 Å². The van der Waals surface area contributed by atoms with Crippen molar-refractivity contribution in [2.24, 2.45) is 0 Å². The van der Waals surface area contributed by atoms with Gasteiger partial charge in [0.05, 0.1) is 29.4 Å². The monoisotopic (exact) mass is 364 g/mol. The first-order chi connectivity index (χ1) is 12.0. The van der Waals surface area contributed by atoms with Gasteiger partial charge in [-0.15, -0.1) is 0 Å². The summed E-state index contributed by atoms with van der Waals surface area (Å²) in [6.45, 7) is 0.364. The van der Waals surface area contributed by atoms with Gasteiger partial charge in [0.25, 0.3) is 5.69 Å². The number of halogens is 1. The summed E-state index contributed by atoms with van der Waals surface area (Å²) in [6.07, 6.45) is 0.694. The summed E-state index contributed by atoms with van der Waals surface area (Å²) in [5.74, 6) is 1.13. The van der Waals surface area contributed by atoms with E-state index in [9.17, 15) is 14.9 Å². The molecule has 7 nitrogen and oxygen atoms in total. The molecule has 0 spiro atoms. The van der Waals surface area contributed by atoms with Crippen molar-refractivity contribution in [3.8, 4) is 11.5 Å². The van der Waals surface area contributed by atoms with Crippen LogP contribution in [-0.2, 0) is 4.79 Å². The highest BCUT2D eigenvalue weighted by atomic mass is 35.5. The van der Waals surface area contributed by atoms with E-state index in [1.54, 1.807) is 31.4 Å². The molecule has 0 radical (unpaired) electrons. The predicted molar refractivity (Wildman–Crippen MR) is 94.5 cm³/mol. The molecule has 2 aromatic rings. The maximum absolute atomic E-state index is 11.9. The van der Waals surface area contributed by atoms with E-state index in [0.717, 1.165) is 5.75 Å². The van der Waals surface area contributed by atoms with Crippen LogP contribution in [0.3, 0.4) is 0 Å². The summed E-state index contributed by atoms with van der Waals surface area (Å²) in [6, 6.07) is 11.0. The first-order valence-corrected chi connectivity index (χ1v) is 7.88. The number of rotatable bonds is 8. The lowest BCUT2D eigenvalue weighted by molar-refractivity contribution is -0.384. The number of anilines is 1. The lowest BCUT2D eigenvalue weighted by atomic mass is 10.2. The van der Waals surface area contributed by atoms with Crippen LogP contribution in [0.5, 0.6) is 11.5 Å². The molecule has 0 saturated heterocycles. The van der Waals surface area contributed by atoms with Gasteiger partial charge in [0.15, 0.2) is 0 Å². The third-order valence-electron chi connectivity index (χ3n) is 3.31. The van der Waals surface area contributed by atoms with E-state index in [1.807, 2.05) is 0 Å². The highest BCUT2D eigenvalue weighted by Gasteiger charge is 2.12. The van der Waals surface area contributed by atoms with Gasteiger partial charge in [0.2, 0.25) is 5.91 Å². The molecule has 1 N–H and O–H groups in total. The summed E-state index contributed by atoms with van der Waals surface area (Å²) >= 11 is 5.94. The summed E-state index contributed by atoms with van der Waals surface area (Å²) in [7, 11) is 1.59. The molecule has 0 heterocycles. The Bertz CT molecular complexity index is 749. The number of carbonyl (C=O) groups is 1. The second kappa shape index (κ2) is 8.89. The van der Waals surface area contributed by atoms with Crippen molar-refractivity contribution in [3.05, 3.63) is 57.6 Å². The minimum absolute atomic E-state index is 0.137. The number of nitrogens with zero attached hydrogens (tertiary/aromatic N) is 1. The number of non-ortho nitro benzene ring substituents is 1. The summed E-state index contributed by atoms with van der Waals surface area (Å²) in [5.41, 5.74) is 0.0829. The number of benzene rings is 2. The van der Waals surface area contributed by atoms with Crippen LogP contribution in [0.2, 0.25) is 5.02 Å². The zero-order valence-electron chi connectivity index (χ0n) is 13.5. The molecule has 0 aliphatic rings. The van der Waals surface area contributed by atoms with Crippen molar-refractivity contribution in [3.63, 3.8) is 0 Å². The Morgan fingerprint density at radius 3 is 2.52 bits per heavy atom. The first kappa shape index (κ1) is 18.5. The molecule has 0 unspecified atom stereocenters. The molecule has 2 aromatic carbocycles. The maximum Gasteiger partial charge on any atom is 0.271 e. The number of methoxy groups -OCH3 is 1. The maximum atomic E-state index is 11.9. The van der Waals surface area contributed by atoms with Crippen LogP contribution in [0.1, 0.15) is 12.8 Å². The smallest absolute Gasteiger partial charge is 0.271 e. The normalized spacial score (nSPS) is 10.2. The summed E-state index contributed by atoms with van der Waals surface area (Å²) in [4.78, 5) is 22.1.